The van der Waals surface area contributed by atoms with Crippen molar-refractivity contribution in [1.82, 2.24) is 4.72 Å². The number of rotatable bonds is 8. The van der Waals surface area contributed by atoms with Gasteiger partial charge in [-0.05, 0) is 37.0 Å². The smallest absolute Gasteiger partial charge is 0.335 e. The van der Waals surface area contributed by atoms with Crippen molar-refractivity contribution < 1.29 is 23.4 Å². The Hall–Kier alpha value is -1.44. The average Bonchev–Trinajstić information content (AvgIpc) is 2.45. The van der Waals surface area contributed by atoms with Gasteiger partial charge in [-0.1, -0.05) is 19.9 Å². The number of carboxylic acids is 1. The van der Waals surface area contributed by atoms with Crippen LogP contribution >= 0.6 is 0 Å². The second kappa shape index (κ2) is 7.53. The maximum Gasteiger partial charge on any atom is 0.335 e. The maximum absolute atomic E-state index is 12.4. The highest BCUT2D eigenvalue weighted by molar-refractivity contribution is 7.89. The van der Waals surface area contributed by atoms with Gasteiger partial charge in [0, 0.05) is 12.6 Å². The molecule has 1 aromatic carbocycles. The van der Waals surface area contributed by atoms with E-state index in [-0.39, 0.29) is 23.1 Å². The van der Waals surface area contributed by atoms with Crippen molar-refractivity contribution in [3.05, 3.63) is 29.3 Å². The fraction of sp³-hybridized carbons (Fsp3) is 0.500. The maximum atomic E-state index is 12.4. The first-order valence-electron chi connectivity index (χ1n) is 6.85. The minimum absolute atomic E-state index is 0.0127. The predicted octanol–water partition coefficient (Wildman–Crippen LogP) is 1.39. The quantitative estimate of drug-likeness (QED) is 0.672. The number of benzene rings is 1. The van der Waals surface area contributed by atoms with Crippen molar-refractivity contribution >= 4 is 16.0 Å². The Kier molecular flexibility index (Phi) is 6.32. The van der Waals surface area contributed by atoms with Crippen molar-refractivity contribution in [1.29, 1.82) is 0 Å². The normalized spacial score (nSPS) is 13.1. The van der Waals surface area contributed by atoms with Crippen LogP contribution < -0.4 is 4.72 Å². The van der Waals surface area contributed by atoms with E-state index < -0.39 is 16.0 Å². The number of nitrogens with one attached hydrogen (secondary N) is 1. The molecule has 118 valence electrons. The average molecular weight is 315 g/mol. The predicted molar refractivity (Wildman–Crippen MR) is 78.9 cm³/mol. The Labute approximate surface area is 124 Å². The third kappa shape index (κ3) is 4.52. The molecule has 0 radical (unpaired) electrons. The molecule has 0 fully saturated rings. The lowest BCUT2D eigenvalue weighted by Crippen LogP contribution is -2.35. The summed E-state index contributed by atoms with van der Waals surface area (Å²) in [5, 5.41) is 17.9. The van der Waals surface area contributed by atoms with Gasteiger partial charge in [0.2, 0.25) is 10.0 Å². The molecule has 0 bridgehead atoms. The van der Waals surface area contributed by atoms with Crippen LogP contribution in [0, 0.1) is 0 Å². The molecule has 1 rings (SSSR count). The Balaban J connectivity index is 3.22. The number of carboxylic acid groups (broad SMARTS) is 1. The van der Waals surface area contributed by atoms with Gasteiger partial charge in [0.05, 0.1) is 10.5 Å². The van der Waals surface area contributed by atoms with E-state index in [9.17, 15) is 13.2 Å². The third-order valence-electron chi connectivity index (χ3n) is 3.28. The molecule has 1 unspecified atom stereocenters. The van der Waals surface area contributed by atoms with Crippen LogP contribution in [0.4, 0.5) is 0 Å². The minimum atomic E-state index is -3.82. The zero-order chi connectivity index (χ0) is 16.0. The number of aliphatic hydroxyl groups excluding tert-OH is 1. The number of carbonyl (C=O) groups is 1. The molecule has 0 spiro atoms. The molecule has 3 N–H and O–H groups in total. The number of aryl methyl sites for hydroxylation is 1. The molecule has 0 saturated heterocycles. The lowest BCUT2D eigenvalue weighted by Gasteiger charge is -2.17. The molecular weight excluding hydrogens is 294 g/mol. The van der Waals surface area contributed by atoms with Crippen LogP contribution in [-0.2, 0) is 16.4 Å². The van der Waals surface area contributed by atoms with Crippen LogP contribution in [0.25, 0.3) is 0 Å². The lowest BCUT2D eigenvalue weighted by molar-refractivity contribution is 0.0696. The van der Waals surface area contributed by atoms with E-state index in [1.54, 1.807) is 6.92 Å². The van der Waals surface area contributed by atoms with Crippen LogP contribution in [0.2, 0.25) is 0 Å². The fourth-order valence-electron chi connectivity index (χ4n) is 2.01. The van der Waals surface area contributed by atoms with Gasteiger partial charge in [0.1, 0.15) is 0 Å². The van der Waals surface area contributed by atoms with Crippen molar-refractivity contribution in [3.63, 3.8) is 0 Å². The zero-order valence-electron chi connectivity index (χ0n) is 12.2. The SMILES string of the molecule is CCc1ccc(C(=O)O)cc1S(=O)(=O)NC(CC)CCO. The summed E-state index contributed by atoms with van der Waals surface area (Å²) in [7, 11) is -3.82. The van der Waals surface area contributed by atoms with Crippen molar-refractivity contribution in [3.8, 4) is 0 Å². The highest BCUT2D eigenvalue weighted by atomic mass is 32.2. The van der Waals surface area contributed by atoms with Gasteiger partial charge in [0.25, 0.3) is 0 Å². The van der Waals surface area contributed by atoms with Crippen LogP contribution in [0.5, 0.6) is 0 Å². The molecule has 1 aromatic rings. The lowest BCUT2D eigenvalue weighted by atomic mass is 10.1. The molecule has 21 heavy (non-hydrogen) atoms. The Morgan fingerprint density at radius 1 is 1.33 bits per heavy atom. The summed E-state index contributed by atoms with van der Waals surface area (Å²) in [5.74, 6) is -1.17. The summed E-state index contributed by atoms with van der Waals surface area (Å²) in [6.07, 6.45) is 1.34. The molecule has 1 atom stereocenters. The molecule has 0 saturated carbocycles. The summed E-state index contributed by atoms with van der Waals surface area (Å²) in [5.41, 5.74) is 0.495. The zero-order valence-corrected chi connectivity index (χ0v) is 13.0. The van der Waals surface area contributed by atoms with Gasteiger partial charge < -0.3 is 10.2 Å². The van der Waals surface area contributed by atoms with E-state index in [0.29, 0.717) is 24.8 Å². The highest BCUT2D eigenvalue weighted by Crippen LogP contribution is 2.19. The van der Waals surface area contributed by atoms with Crippen molar-refractivity contribution in [2.24, 2.45) is 0 Å². The second-order valence-electron chi connectivity index (χ2n) is 4.72. The molecule has 0 heterocycles. The van der Waals surface area contributed by atoms with E-state index in [4.69, 9.17) is 10.2 Å². The first kappa shape index (κ1) is 17.6. The van der Waals surface area contributed by atoms with E-state index in [2.05, 4.69) is 4.72 Å². The molecular formula is C14H21NO5S. The summed E-state index contributed by atoms with van der Waals surface area (Å²) in [6, 6.07) is 3.71. The molecule has 7 heteroatoms. The van der Waals surface area contributed by atoms with E-state index in [1.807, 2.05) is 6.92 Å². The topological polar surface area (TPSA) is 104 Å². The molecule has 0 amide bonds. The molecule has 0 aliphatic carbocycles. The van der Waals surface area contributed by atoms with Crippen LogP contribution in [-0.4, -0.2) is 37.2 Å². The summed E-state index contributed by atoms with van der Waals surface area (Å²) in [6.45, 7) is 3.51. The molecule has 0 aliphatic heterocycles. The number of aliphatic hydroxyl groups is 1. The van der Waals surface area contributed by atoms with E-state index in [1.165, 1.54) is 18.2 Å². The minimum Gasteiger partial charge on any atom is -0.478 e. The van der Waals surface area contributed by atoms with Gasteiger partial charge >= 0.3 is 5.97 Å². The van der Waals surface area contributed by atoms with Gasteiger partial charge in [0.15, 0.2) is 0 Å². The molecule has 0 aliphatic rings. The number of aromatic carboxylic acids is 1. The van der Waals surface area contributed by atoms with Crippen LogP contribution in [0.15, 0.2) is 23.1 Å². The van der Waals surface area contributed by atoms with Gasteiger partial charge in [-0.3, -0.25) is 0 Å². The Bertz CT molecular complexity index is 597. The van der Waals surface area contributed by atoms with Gasteiger partial charge in [-0.25, -0.2) is 17.9 Å². The summed E-state index contributed by atoms with van der Waals surface area (Å²) >= 11 is 0. The van der Waals surface area contributed by atoms with Gasteiger partial charge in [-0.15, -0.1) is 0 Å². The Morgan fingerprint density at radius 2 is 2.00 bits per heavy atom. The Morgan fingerprint density at radius 3 is 2.48 bits per heavy atom. The van der Waals surface area contributed by atoms with Crippen LogP contribution in [0.1, 0.15) is 42.6 Å². The van der Waals surface area contributed by atoms with E-state index in [0.717, 1.165) is 0 Å². The van der Waals surface area contributed by atoms with E-state index >= 15 is 0 Å². The third-order valence-corrected chi connectivity index (χ3v) is 4.88. The van der Waals surface area contributed by atoms with Gasteiger partial charge in [-0.2, -0.15) is 0 Å². The van der Waals surface area contributed by atoms with Crippen molar-refractivity contribution in [2.45, 2.75) is 44.0 Å². The number of hydrogen-bond acceptors (Lipinski definition) is 4. The molecule has 0 aromatic heterocycles. The number of sulfonamides is 1. The number of hydrogen-bond donors (Lipinski definition) is 3. The summed E-state index contributed by atoms with van der Waals surface area (Å²) < 4.78 is 27.4. The van der Waals surface area contributed by atoms with Crippen molar-refractivity contribution in [2.75, 3.05) is 6.61 Å². The highest BCUT2D eigenvalue weighted by Gasteiger charge is 2.22. The fourth-order valence-corrected chi connectivity index (χ4v) is 3.70. The largest absolute Gasteiger partial charge is 0.478 e. The molecule has 6 nitrogen and oxygen atoms in total. The first-order chi connectivity index (χ1) is 9.85. The summed E-state index contributed by atoms with van der Waals surface area (Å²) in [4.78, 5) is 11.0. The monoisotopic (exact) mass is 315 g/mol. The first-order valence-corrected chi connectivity index (χ1v) is 8.33. The second-order valence-corrected chi connectivity index (χ2v) is 6.40. The standard InChI is InChI=1S/C14H21NO5S/c1-3-10-5-6-11(14(17)18)9-13(10)21(19,20)15-12(4-2)7-8-16/h5-6,9,12,15-16H,3-4,7-8H2,1-2H3,(H,17,18). The van der Waals surface area contributed by atoms with Crippen LogP contribution in [0.3, 0.4) is 0 Å².